The standard InChI is InChI=1S/C13H19N5OS/c1-5-14-10-9(19-4)11(17-8-16-10)18-13(2,3)12-15-6-7-20-12/h6-8H,5H2,1-4H3,(H2,14,16,17,18). The van der Waals surface area contributed by atoms with E-state index in [1.54, 1.807) is 24.6 Å². The molecule has 0 radical (unpaired) electrons. The Bertz CT molecular complexity index is 556. The quantitative estimate of drug-likeness (QED) is 0.853. The van der Waals surface area contributed by atoms with E-state index in [1.807, 2.05) is 12.3 Å². The SMILES string of the molecule is CCNc1ncnc(NC(C)(C)c2nccs2)c1OC. The van der Waals surface area contributed by atoms with Crippen molar-refractivity contribution < 1.29 is 4.74 Å². The molecule has 0 aromatic carbocycles. The largest absolute Gasteiger partial charge is 0.490 e. The van der Waals surface area contributed by atoms with Crippen LogP contribution < -0.4 is 15.4 Å². The van der Waals surface area contributed by atoms with Gasteiger partial charge in [-0.3, -0.25) is 0 Å². The predicted molar refractivity (Wildman–Crippen MR) is 81.5 cm³/mol. The molecule has 2 N–H and O–H groups in total. The van der Waals surface area contributed by atoms with Crippen LogP contribution in [0.1, 0.15) is 25.8 Å². The maximum atomic E-state index is 5.43. The molecule has 7 heteroatoms. The van der Waals surface area contributed by atoms with Gasteiger partial charge in [0, 0.05) is 18.1 Å². The normalized spacial score (nSPS) is 11.2. The molecule has 0 aliphatic rings. The summed E-state index contributed by atoms with van der Waals surface area (Å²) in [6.45, 7) is 6.89. The van der Waals surface area contributed by atoms with Gasteiger partial charge in [-0.05, 0) is 20.8 Å². The summed E-state index contributed by atoms with van der Waals surface area (Å²) >= 11 is 1.60. The van der Waals surface area contributed by atoms with Crippen molar-refractivity contribution in [2.75, 3.05) is 24.3 Å². The van der Waals surface area contributed by atoms with Crippen molar-refractivity contribution >= 4 is 23.0 Å². The summed E-state index contributed by atoms with van der Waals surface area (Å²) in [6, 6.07) is 0. The summed E-state index contributed by atoms with van der Waals surface area (Å²) in [5.74, 6) is 1.94. The zero-order valence-electron chi connectivity index (χ0n) is 12.1. The number of hydrogen-bond acceptors (Lipinski definition) is 7. The van der Waals surface area contributed by atoms with Gasteiger partial charge in [-0.1, -0.05) is 0 Å². The summed E-state index contributed by atoms with van der Waals surface area (Å²) in [4.78, 5) is 12.8. The Hall–Kier alpha value is -1.89. The molecule has 2 rings (SSSR count). The number of nitrogens with one attached hydrogen (secondary N) is 2. The highest BCUT2D eigenvalue weighted by Crippen LogP contribution is 2.34. The van der Waals surface area contributed by atoms with E-state index in [2.05, 4.69) is 39.4 Å². The Morgan fingerprint density at radius 1 is 1.25 bits per heavy atom. The third kappa shape index (κ3) is 2.98. The Balaban J connectivity index is 2.31. The van der Waals surface area contributed by atoms with Gasteiger partial charge in [-0.2, -0.15) is 0 Å². The molecule has 0 saturated carbocycles. The third-order valence-corrected chi connectivity index (χ3v) is 3.85. The fourth-order valence-electron chi connectivity index (χ4n) is 1.83. The van der Waals surface area contributed by atoms with Gasteiger partial charge in [0.25, 0.3) is 0 Å². The van der Waals surface area contributed by atoms with Crippen LogP contribution in [0, 0.1) is 0 Å². The summed E-state index contributed by atoms with van der Waals surface area (Å²) in [7, 11) is 1.61. The molecule has 0 aliphatic heterocycles. The second-order valence-electron chi connectivity index (χ2n) is 4.72. The van der Waals surface area contributed by atoms with Gasteiger partial charge in [0.15, 0.2) is 11.6 Å². The number of methoxy groups -OCH3 is 1. The first-order valence-electron chi connectivity index (χ1n) is 6.39. The summed E-state index contributed by atoms with van der Waals surface area (Å²) in [5.41, 5.74) is -0.334. The molecule has 20 heavy (non-hydrogen) atoms. The summed E-state index contributed by atoms with van der Waals surface area (Å²) in [6.07, 6.45) is 3.31. The minimum Gasteiger partial charge on any atom is -0.490 e. The van der Waals surface area contributed by atoms with Gasteiger partial charge in [0.1, 0.15) is 11.3 Å². The summed E-state index contributed by atoms with van der Waals surface area (Å²) in [5, 5.41) is 9.48. The lowest BCUT2D eigenvalue weighted by Crippen LogP contribution is -2.28. The van der Waals surface area contributed by atoms with Crippen LogP contribution in [0.15, 0.2) is 17.9 Å². The van der Waals surface area contributed by atoms with Crippen LogP contribution in [0.25, 0.3) is 0 Å². The smallest absolute Gasteiger partial charge is 0.204 e. The molecule has 0 bridgehead atoms. The number of ether oxygens (including phenoxy) is 1. The average Bonchev–Trinajstić information content (AvgIpc) is 2.94. The van der Waals surface area contributed by atoms with E-state index in [9.17, 15) is 0 Å². The highest BCUT2D eigenvalue weighted by Gasteiger charge is 2.26. The minimum atomic E-state index is -0.334. The highest BCUT2D eigenvalue weighted by atomic mass is 32.1. The van der Waals surface area contributed by atoms with Gasteiger partial charge in [-0.15, -0.1) is 11.3 Å². The van der Waals surface area contributed by atoms with Crippen molar-refractivity contribution in [1.82, 2.24) is 15.0 Å². The Labute approximate surface area is 122 Å². The Morgan fingerprint density at radius 3 is 2.60 bits per heavy atom. The zero-order chi connectivity index (χ0) is 14.6. The first-order valence-corrected chi connectivity index (χ1v) is 7.27. The topological polar surface area (TPSA) is 72.0 Å². The molecule has 0 aliphatic carbocycles. The average molecular weight is 293 g/mol. The Morgan fingerprint density at radius 2 is 2.00 bits per heavy atom. The fourth-order valence-corrected chi connectivity index (χ4v) is 2.55. The first kappa shape index (κ1) is 14.5. The molecule has 0 fully saturated rings. The molecule has 108 valence electrons. The third-order valence-electron chi connectivity index (χ3n) is 2.75. The molecule has 0 unspecified atom stereocenters. The monoisotopic (exact) mass is 293 g/mol. The second-order valence-corrected chi connectivity index (χ2v) is 5.62. The number of aromatic nitrogens is 3. The fraction of sp³-hybridized carbons (Fsp3) is 0.462. The highest BCUT2D eigenvalue weighted by molar-refractivity contribution is 7.09. The predicted octanol–water partition coefficient (Wildman–Crippen LogP) is 2.72. The van der Waals surface area contributed by atoms with Gasteiger partial charge < -0.3 is 15.4 Å². The lowest BCUT2D eigenvalue weighted by molar-refractivity contribution is 0.412. The van der Waals surface area contributed by atoms with Crippen molar-refractivity contribution in [2.24, 2.45) is 0 Å². The van der Waals surface area contributed by atoms with Crippen molar-refractivity contribution in [3.8, 4) is 5.75 Å². The maximum Gasteiger partial charge on any atom is 0.204 e. The number of thiazole rings is 1. The molecular weight excluding hydrogens is 274 g/mol. The van der Waals surface area contributed by atoms with Crippen LogP contribution in [0.3, 0.4) is 0 Å². The van der Waals surface area contributed by atoms with E-state index in [1.165, 1.54) is 6.33 Å². The maximum absolute atomic E-state index is 5.43. The summed E-state index contributed by atoms with van der Waals surface area (Å²) < 4.78 is 5.43. The molecule has 2 aromatic rings. The van der Waals surface area contributed by atoms with Crippen molar-refractivity contribution in [3.05, 3.63) is 22.9 Å². The van der Waals surface area contributed by atoms with E-state index in [0.717, 1.165) is 11.6 Å². The van der Waals surface area contributed by atoms with E-state index in [0.29, 0.717) is 17.4 Å². The van der Waals surface area contributed by atoms with Crippen molar-refractivity contribution in [1.29, 1.82) is 0 Å². The lowest BCUT2D eigenvalue weighted by atomic mass is 10.1. The number of rotatable bonds is 6. The van der Waals surface area contributed by atoms with Crippen molar-refractivity contribution in [2.45, 2.75) is 26.3 Å². The lowest BCUT2D eigenvalue weighted by Gasteiger charge is -2.25. The van der Waals surface area contributed by atoms with Crippen LogP contribution in [0.5, 0.6) is 5.75 Å². The van der Waals surface area contributed by atoms with Gasteiger partial charge >= 0.3 is 0 Å². The van der Waals surface area contributed by atoms with E-state index in [-0.39, 0.29) is 5.54 Å². The van der Waals surface area contributed by atoms with Gasteiger partial charge in [-0.25, -0.2) is 15.0 Å². The number of nitrogens with zero attached hydrogens (tertiary/aromatic N) is 3. The minimum absolute atomic E-state index is 0.334. The van der Waals surface area contributed by atoms with Gasteiger partial charge in [0.05, 0.1) is 12.6 Å². The van der Waals surface area contributed by atoms with E-state index < -0.39 is 0 Å². The molecule has 0 saturated heterocycles. The van der Waals surface area contributed by atoms with Crippen LogP contribution >= 0.6 is 11.3 Å². The van der Waals surface area contributed by atoms with Crippen LogP contribution in [-0.2, 0) is 5.54 Å². The first-order chi connectivity index (χ1) is 9.58. The zero-order valence-corrected chi connectivity index (χ0v) is 12.9. The van der Waals surface area contributed by atoms with Gasteiger partial charge in [0.2, 0.25) is 5.75 Å². The molecule has 2 heterocycles. The number of hydrogen-bond donors (Lipinski definition) is 2. The Kier molecular flexibility index (Phi) is 4.39. The molecule has 0 atom stereocenters. The number of anilines is 2. The van der Waals surface area contributed by atoms with Crippen LogP contribution in [0.2, 0.25) is 0 Å². The molecular formula is C13H19N5OS. The molecule has 0 spiro atoms. The molecule has 0 amide bonds. The second kappa shape index (κ2) is 6.04. The van der Waals surface area contributed by atoms with Crippen LogP contribution in [0.4, 0.5) is 11.6 Å². The van der Waals surface area contributed by atoms with Crippen LogP contribution in [-0.4, -0.2) is 28.6 Å². The van der Waals surface area contributed by atoms with Crippen molar-refractivity contribution in [3.63, 3.8) is 0 Å². The molecule has 6 nitrogen and oxygen atoms in total. The van der Waals surface area contributed by atoms with E-state index in [4.69, 9.17) is 4.74 Å². The molecule has 2 aromatic heterocycles. The van der Waals surface area contributed by atoms with E-state index >= 15 is 0 Å².